The highest BCUT2D eigenvalue weighted by atomic mass is 35.5. The smallest absolute Gasteiger partial charge is 0.247 e. The van der Waals surface area contributed by atoms with E-state index in [9.17, 15) is 14.4 Å². The molecule has 0 spiro atoms. The van der Waals surface area contributed by atoms with Crippen molar-refractivity contribution >= 4 is 70.0 Å². The monoisotopic (exact) mass is 537 g/mol. The molecular weight excluding hydrogens is 521 g/mol. The lowest BCUT2D eigenvalue weighted by molar-refractivity contribution is -0.128. The summed E-state index contributed by atoms with van der Waals surface area (Å²) in [7, 11) is 0. The molecule has 3 heterocycles. The third-order valence-electron chi connectivity index (χ3n) is 6.99. The highest BCUT2D eigenvalue weighted by molar-refractivity contribution is 6.38. The van der Waals surface area contributed by atoms with E-state index >= 15 is 0 Å². The van der Waals surface area contributed by atoms with Crippen LogP contribution in [0.1, 0.15) is 17.2 Å². The molecule has 1 N–H and O–H groups in total. The van der Waals surface area contributed by atoms with Crippen LogP contribution in [0.2, 0.25) is 15.1 Å². The normalized spacial score (nSPS) is 24.0. The minimum Gasteiger partial charge on any atom is -0.357 e. The van der Waals surface area contributed by atoms with Crippen LogP contribution in [0.4, 0.5) is 11.4 Å². The average Bonchev–Trinajstić information content (AvgIpc) is 3.34. The number of halogens is 3. The molecule has 9 heteroatoms. The molecule has 36 heavy (non-hydrogen) atoms. The topological polar surface area (TPSA) is 69.7 Å². The second-order valence-electron chi connectivity index (χ2n) is 8.94. The third kappa shape index (κ3) is 3.52. The Morgan fingerprint density at radius 3 is 2.28 bits per heavy atom. The molecule has 2 saturated heterocycles. The largest absolute Gasteiger partial charge is 0.357 e. The highest BCUT2D eigenvalue weighted by Crippen LogP contribution is 2.53. The zero-order valence-electron chi connectivity index (χ0n) is 18.6. The number of carbonyl (C=O) groups excluding carboxylic acids is 3. The number of imide groups is 1. The quantitative estimate of drug-likeness (QED) is 0.428. The first-order chi connectivity index (χ1) is 17.3. The summed E-state index contributed by atoms with van der Waals surface area (Å²) in [6.07, 6.45) is 3.70. The Morgan fingerprint density at radius 2 is 1.53 bits per heavy atom. The van der Waals surface area contributed by atoms with Gasteiger partial charge >= 0.3 is 0 Å². The molecule has 0 radical (unpaired) electrons. The molecule has 6 rings (SSSR count). The van der Waals surface area contributed by atoms with Crippen LogP contribution in [-0.2, 0) is 14.4 Å². The summed E-state index contributed by atoms with van der Waals surface area (Å²) in [5.74, 6) is -2.92. The molecule has 4 atom stereocenters. The summed E-state index contributed by atoms with van der Waals surface area (Å²) in [6, 6.07) is 17.6. The Morgan fingerprint density at radius 1 is 0.833 bits per heavy atom. The Bertz CT molecular complexity index is 1460. The second-order valence-corrected chi connectivity index (χ2v) is 10.2. The lowest BCUT2D eigenvalue weighted by Gasteiger charge is -2.35. The summed E-state index contributed by atoms with van der Waals surface area (Å²) in [5.41, 5.74) is 2.63. The van der Waals surface area contributed by atoms with Crippen LogP contribution < -0.4 is 10.2 Å². The van der Waals surface area contributed by atoms with Crippen LogP contribution >= 0.6 is 34.8 Å². The molecule has 3 aromatic rings. The van der Waals surface area contributed by atoms with Gasteiger partial charge in [0.2, 0.25) is 17.7 Å². The van der Waals surface area contributed by atoms with E-state index in [1.807, 2.05) is 35.2 Å². The fraction of sp³-hybridized carbons (Fsp3) is 0.148. The molecule has 6 nitrogen and oxygen atoms in total. The number of benzene rings is 3. The summed E-state index contributed by atoms with van der Waals surface area (Å²) < 4.78 is 0. The van der Waals surface area contributed by atoms with Crippen LogP contribution in [0.5, 0.6) is 0 Å². The van der Waals surface area contributed by atoms with Crippen molar-refractivity contribution in [1.82, 2.24) is 4.90 Å². The number of nitrogens with zero attached hydrogens (tertiary/aromatic N) is 2. The van der Waals surface area contributed by atoms with Gasteiger partial charge in [0, 0.05) is 21.9 Å². The Kier molecular flexibility index (Phi) is 5.56. The van der Waals surface area contributed by atoms with Crippen LogP contribution in [0, 0.1) is 11.8 Å². The van der Waals surface area contributed by atoms with Crippen LogP contribution in [-0.4, -0.2) is 28.7 Å². The maximum atomic E-state index is 13.9. The van der Waals surface area contributed by atoms with Gasteiger partial charge in [0.1, 0.15) is 6.04 Å². The fourth-order valence-electron chi connectivity index (χ4n) is 5.51. The van der Waals surface area contributed by atoms with Gasteiger partial charge in [-0.3, -0.25) is 14.4 Å². The van der Waals surface area contributed by atoms with Gasteiger partial charge in [-0.2, -0.15) is 0 Å². The van der Waals surface area contributed by atoms with Crippen molar-refractivity contribution in [3.05, 3.63) is 99.1 Å². The SMILES string of the molecule is O=C(Nc1ccc(Cl)cc1)[C@@H]1[C@@H]2C(=O)N(c3ccc(Cl)cc3Cl)C(=O)[C@@H]2C2c3ccccc3C=CN21. The van der Waals surface area contributed by atoms with E-state index < -0.39 is 35.7 Å². The fourth-order valence-corrected chi connectivity index (χ4v) is 6.13. The number of fused-ring (bicyclic) bond motifs is 5. The van der Waals surface area contributed by atoms with E-state index in [2.05, 4.69) is 5.32 Å². The molecule has 1 unspecified atom stereocenters. The van der Waals surface area contributed by atoms with Crippen molar-refractivity contribution < 1.29 is 14.4 Å². The van der Waals surface area contributed by atoms with Gasteiger partial charge in [-0.15, -0.1) is 0 Å². The second kappa shape index (κ2) is 8.66. The van der Waals surface area contributed by atoms with E-state index in [0.717, 1.165) is 16.0 Å². The Hall–Kier alpha value is -3.32. The molecule has 2 fully saturated rings. The van der Waals surface area contributed by atoms with Crippen LogP contribution in [0.25, 0.3) is 6.08 Å². The zero-order chi connectivity index (χ0) is 25.1. The average molecular weight is 539 g/mol. The number of hydrogen-bond acceptors (Lipinski definition) is 4. The molecule has 3 aliphatic rings. The maximum Gasteiger partial charge on any atom is 0.247 e. The third-order valence-corrected chi connectivity index (χ3v) is 7.78. The molecule has 180 valence electrons. The van der Waals surface area contributed by atoms with E-state index in [-0.39, 0.29) is 16.6 Å². The van der Waals surface area contributed by atoms with Crippen molar-refractivity contribution in [3.63, 3.8) is 0 Å². The molecule has 3 aliphatic heterocycles. The van der Waals surface area contributed by atoms with Gasteiger partial charge in [0.15, 0.2) is 0 Å². The van der Waals surface area contributed by atoms with Gasteiger partial charge in [-0.1, -0.05) is 59.1 Å². The van der Waals surface area contributed by atoms with Crippen molar-refractivity contribution in [3.8, 4) is 0 Å². The van der Waals surface area contributed by atoms with Gasteiger partial charge in [-0.25, -0.2) is 4.90 Å². The van der Waals surface area contributed by atoms with Gasteiger partial charge in [0.05, 0.1) is 28.6 Å². The van der Waals surface area contributed by atoms with Crippen molar-refractivity contribution in [2.75, 3.05) is 10.2 Å². The minimum absolute atomic E-state index is 0.187. The van der Waals surface area contributed by atoms with E-state index in [4.69, 9.17) is 34.8 Å². The Balaban J connectivity index is 1.45. The van der Waals surface area contributed by atoms with Gasteiger partial charge in [-0.05, 0) is 59.7 Å². The van der Waals surface area contributed by atoms with E-state index in [1.165, 1.54) is 6.07 Å². The number of carbonyl (C=O) groups is 3. The summed E-state index contributed by atoms with van der Waals surface area (Å²) in [5, 5.41) is 4.01. The Labute approximate surface area is 222 Å². The van der Waals surface area contributed by atoms with Gasteiger partial charge < -0.3 is 10.2 Å². The number of nitrogens with one attached hydrogen (secondary N) is 1. The van der Waals surface area contributed by atoms with E-state index in [0.29, 0.717) is 15.7 Å². The first-order valence-electron chi connectivity index (χ1n) is 11.3. The molecule has 3 amide bonds. The predicted molar refractivity (Wildman–Crippen MR) is 140 cm³/mol. The number of hydrogen-bond donors (Lipinski definition) is 1. The molecular formula is C27H18Cl3N3O3. The first-order valence-corrected chi connectivity index (χ1v) is 12.4. The zero-order valence-corrected chi connectivity index (χ0v) is 20.8. The lowest BCUT2D eigenvalue weighted by Crippen LogP contribution is -2.46. The molecule has 3 aromatic carbocycles. The summed E-state index contributed by atoms with van der Waals surface area (Å²) in [4.78, 5) is 44.4. The number of rotatable bonds is 3. The molecule has 0 aromatic heterocycles. The van der Waals surface area contributed by atoms with E-state index in [1.54, 1.807) is 42.6 Å². The van der Waals surface area contributed by atoms with Crippen LogP contribution in [0.3, 0.4) is 0 Å². The maximum absolute atomic E-state index is 13.9. The van der Waals surface area contributed by atoms with Crippen molar-refractivity contribution in [2.24, 2.45) is 11.8 Å². The minimum atomic E-state index is -0.909. The standard InChI is InChI=1S/C27H18Cl3N3O3/c28-15-5-8-17(9-6-15)31-25(34)24-22-21(23-18-4-2-1-3-14(18)11-12-32(23)24)26(35)33(27(22)36)20-10-7-16(29)13-19(20)30/h1-13,21-24H,(H,31,34)/t21-,22+,23?,24-/m0/s1. The van der Waals surface area contributed by atoms with Crippen molar-refractivity contribution in [2.45, 2.75) is 12.1 Å². The number of anilines is 2. The first kappa shape index (κ1) is 23.1. The van der Waals surface area contributed by atoms with Crippen LogP contribution in [0.15, 0.2) is 72.9 Å². The predicted octanol–water partition coefficient (Wildman–Crippen LogP) is 5.80. The highest BCUT2D eigenvalue weighted by Gasteiger charge is 2.64. The van der Waals surface area contributed by atoms with Crippen molar-refractivity contribution in [1.29, 1.82) is 0 Å². The summed E-state index contributed by atoms with van der Waals surface area (Å²) >= 11 is 18.4. The van der Waals surface area contributed by atoms with Gasteiger partial charge in [0.25, 0.3) is 0 Å². The number of amides is 3. The molecule has 0 bridgehead atoms. The lowest BCUT2D eigenvalue weighted by atomic mass is 9.84. The molecule has 0 aliphatic carbocycles. The summed E-state index contributed by atoms with van der Waals surface area (Å²) in [6.45, 7) is 0. The molecule has 0 saturated carbocycles.